The van der Waals surface area contributed by atoms with E-state index in [9.17, 15) is 0 Å². The molecule has 2 heterocycles. The summed E-state index contributed by atoms with van der Waals surface area (Å²) >= 11 is 3.53. The number of rotatable bonds is 0. The average Bonchev–Trinajstić information content (AvgIpc) is 2.56. The van der Waals surface area contributed by atoms with E-state index in [0.717, 1.165) is 13.1 Å². The highest BCUT2D eigenvalue weighted by molar-refractivity contribution is 9.10. The van der Waals surface area contributed by atoms with Crippen molar-refractivity contribution in [3.8, 4) is 0 Å². The Morgan fingerprint density at radius 3 is 3.21 bits per heavy atom. The van der Waals surface area contributed by atoms with Gasteiger partial charge in [0.1, 0.15) is 0 Å². The van der Waals surface area contributed by atoms with E-state index in [4.69, 9.17) is 0 Å². The first-order valence-corrected chi connectivity index (χ1v) is 5.90. The van der Waals surface area contributed by atoms with Crippen LogP contribution in [0.2, 0.25) is 0 Å². The highest BCUT2D eigenvalue weighted by Crippen LogP contribution is 2.39. The van der Waals surface area contributed by atoms with Gasteiger partial charge in [-0.25, -0.2) is 0 Å². The SMILES string of the molecule is Brc1ccc2c(c1)C1CNCCC1N2. The summed E-state index contributed by atoms with van der Waals surface area (Å²) in [6.45, 7) is 2.25. The molecular formula is C11H13BrN2. The molecule has 2 aliphatic rings. The summed E-state index contributed by atoms with van der Waals surface area (Å²) in [5.74, 6) is 0.663. The highest BCUT2D eigenvalue weighted by Gasteiger charge is 2.33. The van der Waals surface area contributed by atoms with Gasteiger partial charge < -0.3 is 10.6 Å². The molecule has 2 unspecified atom stereocenters. The molecule has 14 heavy (non-hydrogen) atoms. The molecule has 0 aliphatic carbocycles. The first-order chi connectivity index (χ1) is 6.84. The van der Waals surface area contributed by atoms with E-state index in [1.165, 1.54) is 22.1 Å². The van der Waals surface area contributed by atoms with Crippen LogP contribution in [0.5, 0.6) is 0 Å². The van der Waals surface area contributed by atoms with Gasteiger partial charge in [-0.05, 0) is 36.7 Å². The lowest BCUT2D eigenvalue weighted by molar-refractivity contribution is 0.440. The van der Waals surface area contributed by atoms with Crippen molar-refractivity contribution in [1.82, 2.24) is 5.32 Å². The molecule has 2 N–H and O–H groups in total. The number of piperidine rings is 1. The topological polar surface area (TPSA) is 24.1 Å². The molecule has 0 radical (unpaired) electrons. The molecule has 1 saturated heterocycles. The van der Waals surface area contributed by atoms with E-state index in [2.05, 4.69) is 44.8 Å². The van der Waals surface area contributed by atoms with E-state index in [1.807, 2.05) is 0 Å². The van der Waals surface area contributed by atoms with Crippen molar-refractivity contribution in [3.63, 3.8) is 0 Å². The fourth-order valence-electron chi connectivity index (χ4n) is 2.53. The van der Waals surface area contributed by atoms with Crippen molar-refractivity contribution in [3.05, 3.63) is 28.2 Å². The van der Waals surface area contributed by atoms with Gasteiger partial charge in [-0.1, -0.05) is 15.9 Å². The Bertz CT molecular complexity index is 364. The molecule has 1 aromatic rings. The standard InChI is InChI=1S/C11H13BrN2/c12-7-1-2-10-8(5-7)9-6-13-4-3-11(9)14-10/h1-2,5,9,11,13-14H,3-4,6H2. The van der Waals surface area contributed by atoms with Gasteiger partial charge in [0.05, 0.1) is 0 Å². The van der Waals surface area contributed by atoms with E-state index in [0.29, 0.717) is 12.0 Å². The van der Waals surface area contributed by atoms with Crippen LogP contribution in [-0.2, 0) is 0 Å². The normalized spacial score (nSPS) is 29.2. The van der Waals surface area contributed by atoms with Gasteiger partial charge in [-0.2, -0.15) is 0 Å². The first kappa shape index (κ1) is 8.74. The summed E-state index contributed by atoms with van der Waals surface area (Å²) in [6.07, 6.45) is 1.23. The molecule has 2 aliphatic heterocycles. The van der Waals surface area contributed by atoms with E-state index < -0.39 is 0 Å². The minimum atomic E-state index is 0.653. The molecule has 3 heteroatoms. The molecule has 74 valence electrons. The minimum absolute atomic E-state index is 0.653. The fourth-order valence-corrected chi connectivity index (χ4v) is 2.91. The van der Waals surface area contributed by atoms with Gasteiger partial charge in [0.25, 0.3) is 0 Å². The van der Waals surface area contributed by atoms with Crippen LogP contribution < -0.4 is 10.6 Å². The number of anilines is 1. The van der Waals surface area contributed by atoms with E-state index in [-0.39, 0.29) is 0 Å². The Balaban J connectivity index is 2.02. The lowest BCUT2D eigenvalue weighted by Crippen LogP contribution is -2.38. The lowest BCUT2D eigenvalue weighted by Gasteiger charge is -2.26. The second-order valence-corrected chi connectivity index (χ2v) is 5.00. The largest absolute Gasteiger partial charge is 0.381 e. The van der Waals surface area contributed by atoms with Crippen LogP contribution in [0.3, 0.4) is 0 Å². The number of hydrogen-bond acceptors (Lipinski definition) is 2. The molecule has 2 nitrogen and oxygen atoms in total. The summed E-state index contributed by atoms with van der Waals surface area (Å²) in [4.78, 5) is 0. The van der Waals surface area contributed by atoms with Crippen molar-refractivity contribution in [2.75, 3.05) is 18.4 Å². The zero-order valence-electron chi connectivity index (χ0n) is 7.89. The summed E-state index contributed by atoms with van der Waals surface area (Å²) in [6, 6.07) is 7.19. The summed E-state index contributed by atoms with van der Waals surface area (Å²) < 4.78 is 1.18. The van der Waals surface area contributed by atoms with E-state index >= 15 is 0 Å². The van der Waals surface area contributed by atoms with Crippen LogP contribution in [0.25, 0.3) is 0 Å². The Morgan fingerprint density at radius 1 is 1.36 bits per heavy atom. The Hall–Kier alpha value is -0.540. The molecule has 3 rings (SSSR count). The lowest BCUT2D eigenvalue weighted by atomic mass is 9.91. The molecule has 1 aromatic carbocycles. The number of benzene rings is 1. The third-order valence-electron chi connectivity index (χ3n) is 3.24. The van der Waals surface area contributed by atoms with Crippen LogP contribution in [0.1, 0.15) is 17.9 Å². The molecule has 1 fully saturated rings. The van der Waals surface area contributed by atoms with Gasteiger partial charge in [-0.3, -0.25) is 0 Å². The maximum absolute atomic E-state index is 3.60. The summed E-state index contributed by atoms with van der Waals surface area (Å²) in [7, 11) is 0. The number of fused-ring (bicyclic) bond motifs is 3. The predicted molar refractivity (Wildman–Crippen MR) is 61.8 cm³/mol. The fraction of sp³-hybridized carbons (Fsp3) is 0.455. The number of hydrogen-bond donors (Lipinski definition) is 2. The van der Waals surface area contributed by atoms with Crippen molar-refractivity contribution in [2.24, 2.45) is 0 Å². The number of nitrogens with one attached hydrogen (secondary N) is 2. The Morgan fingerprint density at radius 2 is 2.29 bits per heavy atom. The van der Waals surface area contributed by atoms with Gasteiger partial charge in [0, 0.05) is 28.7 Å². The van der Waals surface area contributed by atoms with Crippen molar-refractivity contribution < 1.29 is 0 Å². The van der Waals surface area contributed by atoms with Crippen LogP contribution in [0.4, 0.5) is 5.69 Å². The second-order valence-electron chi connectivity index (χ2n) is 4.08. The molecule has 0 spiro atoms. The number of halogens is 1. The highest BCUT2D eigenvalue weighted by atomic mass is 79.9. The average molecular weight is 253 g/mol. The zero-order chi connectivity index (χ0) is 9.54. The van der Waals surface area contributed by atoms with E-state index in [1.54, 1.807) is 0 Å². The Kier molecular flexibility index (Phi) is 2.03. The quantitative estimate of drug-likeness (QED) is 0.741. The van der Waals surface area contributed by atoms with Crippen LogP contribution in [0.15, 0.2) is 22.7 Å². The van der Waals surface area contributed by atoms with Crippen LogP contribution in [-0.4, -0.2) is 19.1 Å². The molecule has 0 saturated carbocycles. The minimum Gasteiger partial charge on any atom is -0.381 e. The molecule has 2 atom stereocenters. The molecule has 0 amide bonds. The second kappa shape index (κ2) is 3.24. The predicted octanol–water partition coefficient (Wildman–Crippen LogP) is 2.32. The maximum Gasteiger partial charge on any atom is 0.0380 e. The zero-order valence-corrected chi connectivity index (χ0v) is 9.47. The van der Waals surface area contributed by atoms with Gasteiger partial charge in [-0.15, -0.1) is 0 Å². The smallest absolute Gasteiger partial charge is 0.0380 e. The van der Waals surface area contributed by atoms with Gasteiger partial charge in [0.15, 0.2) is 0 Å². The Labute approximate surface area is 92.2 Å². The third-order valence-corrected chi connectivity index (χ3v) is 3.73. The van der Waals surface area contributed by atoms with Crippen LogP contribution in [0, 0.1) is 0 Å². The van der Waals surface area contributed by atoms with Crippen molar-refractivity contribution in [2.45, 2.75) is 18.4 Å². The molecular weight excluding hydrogens is 240 g/mol. The molecule has 0 aromatic heterocycles. The summed E-state index contributed by atoms with van der Waals surface area (Å²) in [5.41, 5.74) is 2.79. The monoisotopic (exact) mass is 252 g/mol. The van der Waals surface area contributed by atoms with Crippen molar-refractivity contribution in [1.29, 1.82) is 0 Å². The van der Waals surface area contributed by atoms with Gasteiger partial charge in [0.2, 0.25) is 0 Å². The van der Waals surface area contributed by atoms with Gasteiger partial charge >= 0.3 is 0 Å². The van der Waals surface area contributed by atoms with Crippen LogP contribution >= 0.6 is 15.9 Å². The summed E-state index contributed by atoms with van der Waals surface area (Å²) in [5, 5.41) is 7.06. The maximum atomic E-state index is 3.60. The van der Waals surface area contributed by atoms with Crippen molar-refractivity contribution >= 4 is 21.6 Å². The third kappa shape index (κ3) is 1.27. The molecule has 0 bridgehead atoms. The first-order valence-electron chi connectivity index (χ1n) is 5.11.